The number of aromatic nitrogens is 1. The predicted octanol–water partition coefficient (Wildman–Crippen LogP) is 2.24. The second-order valence-electron chi connectivity index (χ2n) is 4.62. The zero-order chi connectivity index (χ0) is 15.1. The van der Waals surface area contributed by atoms with Crippen molar-refractivity contribution in [3.8, 4) is 11.5 Å². The van der Waals surface area contributed by atoms with E-state index in [1.807, 2.05) is 37.3 Å². The third kappa shape index (κ3) is 3.93. The van der Waals surface area contributed by atoms with Gasteiger partial charge < -0.3 is 9.47 Å². The van der Waals surface area contributed by atoms with Gasteiger partial charge in [-0.05, 0) is 36.6 Å². The Morgan fingerprint density at radius 1 is 1.29 bits per heavy atom. The standard InChI is InChI=1S/C16H21N3O2/c1-3-21-14-8-13(10-18-11-14)15(19-17)9-12-6-4-5-7-16(12)20-2/h4-8,10-11,15,19H,3,9,17H2,1-2H3. The lowest BCUT2D eigenvalue weighted by atomic mass is 10.00. The summed E-state index contributed by atoms with van der Waals surface area (Å²) < 4.78 is 10.9. The molecular formula is C16H21N3O2. The molecule has 1 aromatic heterocycles. The third-order valence-electron chi connectivity index (χ3n) is 3.27. The van der Waals surface area contributed by atoms with Gasteiger partial charge in [-0.2, -0.15) is 0 Å². The lowest BCUT2D eigenvalue weighted by molar-refractivity contribution is 0.337. The molecule has 0 aliphatic carbocycles. The number of nitrogens with two attached hydrogens (primary N) is 1. The number of benzene rings is 1. The highest BCUT2D eigenvalue weighted by atomic mass is 16.5. The molecule has 2 rings (SSSR count). The number of pyridine rings is 1. The molecule has 3 N–H and O–H groups in total. The van der Waals surface area contributed by atoms with Gasteiger partial charge in [0.05, 0.1) is 26.0 Å². The van der Waals surface area contributed by atoms with E-state index in [-0.39, 0.29) is 6.04 Å². The topological polar surface area (TPSA) is 69.4 Å². The lowest BCUT2D eigenvalue weighted by Gasteiger charge is -2.18. The van der Waals surface area contributed by atoms with Gasteiger partial charge in [0.2, 0.25) is 0 Å². The summed E-state index contributed by atoms with van der Waals surface area (Å²) in [5, 5.41) is 0. The van der Waals surface area contributed by atoms with Gasteiger partial charge in [0.15, 0.2) is 0 Å². The SMILES string of the molecule is CCOc1cncc(C(Cc2ccccc2OC)NN)c1. The number of hydrazine groups is 1. The van der Waals surface area contributed by atoms with Crippen LogP contribution in [0.5, 0.6) is 11.5 Å². The summed E-state index contributed by atoms with van der Waals surface area (Å²) in [5.41, 5.74) is 4.90. The summed E-state index contributed by atoms with van der Waals surface area (Å²) in [4.78, 5) is 4.20. The Bertz CT molecular complexity index is 575. The van der Waals surface area contributed by atoms with Gasteiger partial charge in [-0.3, -0.25) is 16.3 Å². The Labute approximate surface area is 125 Å². The molecule has 0 saturated heterocycles. The van der Waals surface area contributed by atoms with E-state index in [4.69, 9.17) is 15.3 Å². The maximum Gasteiger partial charge on any atom is 0.137 e. The fraction of sp³-hybridized carbons (Fsp3) is 0.312. The van der Waals surface area contributed by atoms with E-state index in [1.165, 1.54) is 0 Å². The normalized spacial score (nSPS) is 12.0. The molecule has 21 heavy (non-hydrogen) atoms. The second kappa shape index (κ2) is 7.61. The molecule has 1 unspecified atom stereocenters. The van der Waals surface area contributed by atoms with E-state index in [0.717, 1.165) is 22.6 Å². The molecule has 112 valence electrons. The molecule has 0 saturated carbocycles. The Morgan fingerprint density at radius 3 is 2.81 bits per heavy atom. The summed E-state index contributed by atoms with van der Waals surface area (Å²) in [6, 6.07) is 9.80. The molecule has 5 heteroatoms. The fourth-order valence-electron chi connectivity index (χ4n) is 2.24. The predicted molar refractivity (Wildman–Crippen MR) is 82.2 cm³/mol. The smallest absolute Gasteiger partial charge is 0.137 e. The molecule has 0 aliphatic heterocycles. The minimum Gasteiger partial charge on any atom is -0.496 e. The van der Waals surface area contributed by atoms with Crippen LogP contribution >= 0.6 is 0 Å². The van der Waals surface area contributed by atoms with E-state index in [0.29, 0.717) is 13.0 Å². The zero-order valence-corrected chi connectivity index (χ0v) is 12.4. The van der Waals surface area contributed by atoms with Crippen LogP contribution in [0.15, 0.2) is 42.7 Å². The Morgan fingerprint density at radius 2 is 2.10 bits per heavy atom. The number of nitrogens with zero attached hydrogens (tertiary/aromatic N) is 1. The summed E-state index contributed by atoms with van der Waals surface area (Å²) in [5.74, 6) is 7.31. The van der Waals surface area contributed by atoms with Gasteiger partial charge in [0.25, 0.3) is 0 Å². The molecule has 1 heterocycles. The first-order chi connectivity index (χ1) is 10.3. The second-order valence-corrected chi connectivity index (χ2v) is 4.62. The van der Waals surface area contributed by atoms with Crippen LogP contribution in [0.4, 0.5) is 0 Å². The average Bonchev–Trinajstić information content (AvgIpc) is 2.53. The van der Waals surface area contributed by atoms with Gasteiger partial charge in [-0.25, -0.2) is 0 Å². The third-order valence-corrected chi connectivity index (χ3v) is 3.27. The van der Waals surface area contributed by atoms with Crippen molar-refractivity contribution in [1.82, 2.24) is 10.4 Å². The van der Waals surface area contributed by atoms with Crippen molar-refractivity contribution in [2.24, 2.45) is 5.84 Å². The van der Waals surface area contributed by atoms with Crippen LogP contribution in [0.2, 0.25) is 0 Å². The van der Waals surface area contributed by atoms with Crippen molar-refractivity contribution in [2.75, 3.05) is 13.7 Å². The lowest BCUT2D eigenvalue weighted by Crippen LogP contribution is -2.29. The molecule has 0 aliphatic rings. The molecule has 0 radical (unpaired) electrons. The Balaban J connectivity index is 2.21. The first-order valence-corrected chi connectivity index (χ1v) is 6.94. The number of nitrogens with one attached hydrogen (secondary N) is 1. The molecule has 5 nitrogen and oxygen atoms in total. The van der Waals surface area contributed by atoms with Crippen LogP contribution in [0.25, 0.3) is 0 Å². The molecular weight excluding hydrogens is 266 g/mol. The van der Waals surface area contributed by atoms with Crippen LogP contribution in [0, 0.1) is 0 Å². The van der Waals surface area contributed by atoms with Crippen molar-refractivity contribution < 1.29 is 9.47 Å². The van der Waals surface area contributed by atoms with E-state index in [9.17, 15) is 0 Å². The Kier molecular flexibility index (Phi) is 5.54. The maximum atomic E-state index is 5.71. The number of ether oxygens (including phenoxy) is 2. The van der Waals surface area contributed by atoms with Crippen LogP contribution in [-0.2, 0) is 6.42 Å². The summed E-state index contributed by atoms with van der Waals surface area (Å²) >= 11 is 0. The Hall–Kier alpha value is -2.11. The monoisotopic (exact) mass is 287 g/mol. The van der Waals surface area contributed by atoms with Crippen molar-refractivity contribution in [3.63, 3.8) is 0 Å². The minimum absolute atomic E-state index is 0.0609. The summed E-state index contributed by atoms with van der Waals surface area (Å²) in [6.45, 7) is 2.55. The largest absolute Gasteiger partial charge is 0.496 e. The minimum atomic E-state index is -0.0609. The van der Waals surface area contributed by atoms with E-state index in [2.05, 4.69) is 10.4 Å². The zero-order valence-electron chi connectivity index (χ0n) is 12.4. The van der Waals surface area contributed by atoms with Crippen LogP contribution < -0.4 is 20.7 Å². The number of hydrogen-bond donors (Lipinski definition) is 2. The average molecular weight is 287 g/mol. The quantitative estimate of drug-likeness (QED) is 0.604. The molecule has 1 aromatic carbocycles. The summed E-state index contributed by atoms with van der Waals surface area (Å²) in [6.07, 6.45) is 4.20. The van der Waals surface area contributed by atoms with E-state index in [1.54, 1.807) is 19.5 Å². The van der Waals surface area contributed by atoms with Crippen molar-refractivity contribution in [1.29, 1.82) is 0 Å². The molecule has 0 spiro atoms. The first-order valence-electron chi connectivity index (χ1n) is 6.94. The number of methoxy groups -OCH3 is 1. The molecule has 0 amide bonds. The highest BCUT2D eigenvalue weighted by Crippen LogP contribution is 2.25. The maximum absolute atomic E-state index is 5.71. The molecule has 1 atom stereocenters. The van der Waals surface area contributed by atoms with Crippen molar-refractivity contribution in [2.45, 2.75) is 19.4 Å². The van der Waals surface area contributed by atoms with Crippen LogP contribution in [0.3, 0.4) is 0 Å². The van der Waals surface area contributed by atoms with Gasteiger partial charge in [0.1, 0.15) is 11.5 Å². The first kappa shape index (κ1) is 15.3. The van der Waals surface area contributed by atoms with Crippen molar-refractivity contribution >= 4 is 0 Å². The molecule has 0 bridgehead atoms. The highest BCUT2D eigenvalue weighted by molar-refractivity contribution is 5.35. The number of para-hydroxylation sites is 1. The molecule has 0 fully saturated rings. The van der Waals surface area contributed by atoms with E-state index >= 15 is 0 Å². The highest BCUT2D eigenvalue weighted by Gasteiger charge is 2.14. The van der Waals surface area contributed by atoms with Crippen LogP contribution in [-0.4, -0.2) is 18.7 Å². The van der Waals surface area contributed by atoms with Gasteiger partial charge in [-0.1, -0.05) is 18.2 Å². The van der Waals surface area contributed by atoms with Crippen LogP contribution in [0.1, 0.15) is 24.1 Å². The van der Waals surface area contributed by atoms with Gasteiger partial charge in [0, 0.05) is 6.20 Å². The van der Waals surface area contributed by atoms with E-state index < -0.39 is 0 Å². The van der Waals surface area contributed by atoms with Gasteiger partial charge >= 0.3 is 0 Å². The van der Waals surface area contributed by atoms with Gasteiger partial charge in [-0.15, -0.1) is 0 Å². The van der Waals surface area contributed by atoms with Crippen molar-refractivity contribution in [3.05, 3.63) is 53.9 Å². The molecule has 2 aromatic rings. The number of hydrogen-bond acceptors (Lipinski definition) is 5. The number of rotatable bonds is 7. The summed E-state index contributed by atoms with van der Waals surface area (Å²) in [7, 11) is 1.67. The fourth-order valence-corrected chi connectivity index (χ4v) is 2.24.